The summed E-state index contributed by atoms with van der Waals surface area (Å²) >= 11 is 0. The predicted octanol–water partition coefficient (Wildman–Crippen LogP) is -0.618. The van der Waals surface area contributed by atoms with Crippen LogP contribution in [0.25, 0.3) is 0 Å². The molecule has 0 atom stereocenters. The van der Waals surface area contributed by atoms with E-state index in [0.29, 0.717) is 13.1 Å². The summed E-state index contributed by atoms with van der Waals surface area (Å²) in [6.45, 7) is 5.60. The van der Waals surface area contributed by atoms with Gasteiger partial charge >= 0.3 is 5.97 Å². The van der Waals surface area contributed by atoms with Crippen LogP contribution in [0.15, 0.2) is 29.2 Å². The van der Waals surface area contributed by atoms with E-state index in [2.05, 4.69) is 11.7 Å². The SMILES string of the molecule is CC[NH+]1CCN(S(=O)(=O)c2ccccc2C(=O)OC)CC1. The van der Waals surface area contributed by atoms with Gasteiger partial charge in [0.1, 0.15) is 0 Å². The number of nitrogens with one attached hydrogen (secondary N) is 1. The molecule has 6 nitrogen and oxygen atoms in total. The molecule has 1 aliphatic rings. The molecule has 1 heterocycles. The normalized spacial score (nSPS) is 17.6. The van der Waals surface area contributed by atoms with Crippen molar-refractivity contribution in [1.29, 1.82) is 0 Å². The molecule has 0 saturated carbocycles. The monoisotopic (exact) mass is 313 g/mol. The van der Waals surface area contributed by atoms with Crippen molar-refractivity contribution < 1.29 is 22.8 Å². The maximum atomic E-state index is 12.7. The van der Waals surface area contributed by atoms with Gasteiger partial charge in [-0.05, 0) is 19.1 Å². The molecule has 1 N–H and O–H groups in total. The Morgan fingerprint density at radius 3 is 2.48 bits per heavy atom. The summed E-state index contributed by atoms with van der Waals surface area (Å²) in [6, 6.07) is 6.18. The number of nitrogens with zero attached hydrogens (tertiary/aromatic N) is 1. The number of rotatable bonds is 4. The van der Waals surface area contributed by atoms with Gasteiger partial charge in [-0.15, -0.1) is 0 Å². The van der Waals surface area contributed by atoms with Crippen LogP contribution in [0.1, 0.15) is 17.3 Å². The highest BCUT2D eigenvalue weighted by Crippen LogP contribution is 2.20. The molecule has 116 valence electrons. The Morgan fingerprint density at radius 2 is 1.90 bits per heavy atom. The van der Waals surface area contributed by atoms with Crippen molar-refractivity contribution in [2.45, 2.75) is 11.8 Å². The van der Waals surface area contributed by atoms with Gasteiger partial charge in [-0.3, -0.25) is 0 Å². The van der Waals surface area contributed by atoms with E-state index in [0.717, 1.165) is 19.6 Å². The van der Waals surface area contributed by atoms with Crippen molar-refractivity contribution in [3.8, 4) is 0 Å². The summed E-state index contributed by atoms with van der Waals surface area (Å²) in [7, 11) is -2.42. The molecule has 0 radical (unpaired) electrons. The van der Waals surface area contributed by atoms with Gasteiger partial charge < -0.3 is 9.64 Å². The molecule has 7 heteroatoms. The van der Waals surface area contributed by atoms with Crippen LogP contribution in [0.4, 0.5) is 0 Å². The summed E-state index contributed by atoms with van der Waals surface area (Å²) in [6.07, 6.45) is 0. The number of carbonyl (C=O) groups excluding carboxylic acids is 1. The summed E-state index contributed by atoms with van der Waals surface area (Å²) < 4.78 is 31.6. The van der Waals surface area contributed by atoms with Crippen molar-refractivity contribution in [3.63, 3.8) is 0 Å². The quantitative estimate of drug-likeness (QED) is 0.753. The van der Waals surface area contributed by atoms with E-state index >= 15 is 0 Å². The van der Waals surface area contributed by atoms with E-state index in [1.165, 1.54) is 28.4 Å². The number of carbonyl (C=O) groups is 1. The summed E-state index contributed by atoms with van der Waals surface area (Å²) in [4.78, 5) is 13.2. The largest absolute Gasteiger partial charge is 0.465 e. The van der Waals surface area contributed by atoms with Gasteiger partial charge in [-0.25, -0.2) is 13.2 Å². The second kappa shape index (κ2) is 6.55. The third-order valence-corrected chi connectivity index (χ3v) is 5.80. The average molecular weight is 313 g/mol. The Hall–Kier alpha value is -1.44. The predicted molar refractivity (Wildman–Crippen MR) is 77.8 cm³/mol. The lowest BCUT2D eigenvalue weighted by atomic mass is 10.2. The number of sulfonamides is 1. The molecule has 1 saturated heterocycles. The van der Waals surface area contributed by atoms with Gasteiger partial charge in [0.25, 0.3) is 0 Å². The third kappa shape index (κ3) is 3.25. The van der Waals surface area contributed by atoms with E-state index in [9.17, 15) is 13.2 Å². The third-order valence-electron chi connectivity index (χ3n) is 3.84. The van der Waals surface area contributed by atoms with Crippen LogP contribution in [-0.2, 0) is 14.8 Å². The van der Waals surface area contributed by atoms with Crippen molar-refractivity contribution >= 4 is 16.0 Å². The fraction of sp³-hybridized carbons (Fsp3) is 0.500. The molecule has 2 rings (SSSR count). The smallest absolute Gasteiger partial charge is 0.339 e. The molecular weight excluding hydrogens is 292 g/mol. The maximum Gasteiger partial charge on any atom is 0.339 e. The summed E-state index contributed by atoms with van der Waals surface area (Å²) in [5.41, 5.74) is 0.0882. The number of ether oxygens (including phenoxy) is 1. The van der Waals surface area contributed by atoms with Crippen molar-refractivity contribution in [3.05, 3.63) is 29.8 Å². The van der Waals surface area contributed by atoms with Gasteiger partial charge in [0.15, 0.2) is 0 Å². The summed E-state index contributed by atoms with van der Waals surface area (Å²) in [5, 5.41) is 0. The molecule has 1 aromatic rings. The highest BCUT2D eigenvalue weighted by atomic mass is 32.2. The lowest BCUT2D eigenvalue weighted by molar-refractivity contribution is -0.901. The lowest BCUT2D eigenvalue weighted by Crippen LogP contribution is -3.14. The minimum Gasteiger partial charge on any atom is -0.465 e. The molecule has 0 bridgehead atoms. The number of hydrogen-bond acceptors (Lipinski definition) is 4. The highest BCUT2D eigenvalue weighted by molar-refractivity contribution is 7.89. The maximum absolute atomic E-state index is 12.7. The first kappa shape index (κ1) is 15.9. The number of likely N-dealkylation sites (N-methyl/N-ethyl adjacent to an activating group) is 1. The Labute approximate surface area is 125 Å². The molecule has 21 heavy (non-hydrogen) atoms. The zero-order chi connectivity index (χ0) is 15.5. The Kier molecular flexibility index (Phi) is 4.97. The Balaban J connectivity index is 2.31. The van der Waals surface area contributed by atoms with Crippen molar-refractivity contribution in [2.75, 3.05) is 39.8 Å². The molecule has 1 fully saturated rings. The van der Waals surface area contributed by atoms with Crippen LogP contribution in [-0.4, -0.2) is 58.5 Å². The fourth-order valence-corrected chi connectivity index (χ4v) is 4.13. The Bertz CT molecular complexity index is 607. The van der Waals surface area contributed by atoms with E-state index in [1.54, 1.807) is 12.1 Å². The van der Waals surface area contributed by atoms with Crippen LogP contribution in [0.3, 0.4) is 0 Å². The molecule has 1 aliphatic heterocycles. The minimum atomic E-state index is -3.66. The van der Waals surface area contributed by atoms with Gasteiger partial charge in [0.05, 0.1) is 50.3 Å². The molecular formula is C14H21N2O4S+. The highest BCUT2D eigenvalue weighted by Gasteiger charge is 2.32. The number of methoxy groups -OCH3 is 1. The minimum absolute atomic E-state index is 0.0248. The van der Waals surface area contributed by atoms with Gasteiger partial charge in [-0.1, -0.05) is 12.1 Å². The molecule has 0 unspecified atom stereocenters. The number of hydrogen-bond donors (Lipinski definition) is 1. The van der Waals surface area contributed by atoms with E-state index in [-0.39, 0.29) is 10.5 Å². The number of quaternary nitrogens is 1. The van der Waals surface area contributed by atoms with Crippen molar-refractivity contribution in [1.82, 2.24) is 4.31 Å². The molecule has 1 aromatic carbocycles. The Morgan fingerprint density at radius 1 is 1.29 bits per heavy atom. The molecule has 0 amide bonds. The number of piperazine rings is 1. The van der Waals surface area contributed by atoms with E-state index < -0.39 is 16.0 Å². The second-order valence-electron chi connectivity index (χ2n) is 5.00. The van der Waals surface area contributed by atoms with Crippen LogP contribution >= 0.6 is 0 Å². The van der Waals surface area contributed by atoms with Gasteiger partial charge in [0, 0.05) is 0 Å². The van der Waals surface area contributed by atoms with E-state index in [4.69, 9.17) is 0 Å². The fourth-order valence-electron chi connectivity index (χ4n) is 2.51. The first-order valence-corrected chi connectivity index (χ1v) is 8.45. The summed E-state index contributed by atoms with van der Waals surface area (Å²) in [5.74, 6) is -0.632. The van der Waals surface area contributed by atoms with Gasteiger partial charge in [0.2, 0.25) is 10.0 Å². The molecule has 0 aromatic heterocycles. The van der Waals surface area contributed by atoms with Crippen LogP contribution < -0.4 is 4.90 Å². The molecule has 0 aliphatic carbocycles. The number of benzene rings is 1. The second-order valence-corrected chi connectivity index (χ2v) is 6.90. The lowest BCUT2D eigenvalue weighted by Gasteiger charge is -2.31. The zero-order valence-corrected chi connectivity index (χ0v) is 13.1. The zero-order valence-electron chi connectivity index (χ0n) is 12.3. The standard InChI is InChI=1S/C14H20N2O4S/c1-3-15-8-10-16(11-9-15)21(18,19)13-7-5-4-6-12(13)14(17)20-2/h4-7H,3,8-11H2,1-2H3/p+1. The van der Waals surface area contributed by atoms with Gasteiger partial charge in [-0.2, -0.15) is 4.31 Å². The average Bonchev–Trinajstić information content (AvgIpc) is 2.54. The first-order valence-electron chi connectivity index (χ1n) is 7.01. The molecule has 0 spiro atoms. The van der Waals surface area contributed by atoms with Crippen LogP contribution in [0.2, 0.25) is 0 Å². The van der Waals surface area contributed by atoms with Crippen LogP contribution in [0, 0.1) is 0 Å². The number of esters is 1. The topological polar surface area (TPSA) is 68.1 Å². The van der Waals surface area contributed by atoms with Crippen LogP contribution in [0.5, 0.6) is 0 Å². The first-order chi connectivity index (χ1) is 10.0. The van der Waals surface area contributed by atoms with E-state index in [1.807, 2.05) is 0 Å². The van der Waals surface area contributed by atoms with Crippen molar-refractivity contribution in [2.24, 2.45) is 0 Å².